The van der Waals surface area contributed by atoms with Crippen LogP contribution in [0.2, 0.25) is 0 Å². The molecule has 1 aromatic rings. The van der Waals surface area contributed by atoms with Gasteiger partial charge in [-0.05, 0) is 13.8 Å². The predicted molar refractivity (Wildman–Crippen MR) is 67.9 cm³/mol. The van der Waals surface area contributed by atoms with Crippen LogP contribution in [0.25, 0.3) is 0 Å². The second-order valence-electron chi connectivity index (χ2n) is 4.21. The molecule has 0 aliphatic rings. The normalized spacial score (nSPS) is 10.3. The summed E-state index contributed by atoms with van der Waals surface area (Å²) in [5.74, 6) is -0.567. The molecule has 6 nitrogen and oxygen atoms in total. The maximum absolute atomic E-state index is 11.7. The lowest BCUT2D eigenvalue weighted by Gasteiger charge is -2.20. The van der Waals surface area contributed by atoms with Crippen LogP contribution in [0.5, 0.6) is 0 Å². The van der Waals surface area contributed by atoms with Crippen LogP contribution in [-0.4, -0.2) is 39.8 Å². The second-order valence-corrected chi connectivity index (χ2v) is 4.21. The maximum Gasteiger partial charge on any atom is 0.313 e. The van der Waals surface area contributed by atoms with Crippen molar-refractivity contribution in [3.63, 3.8) is 0 Å². The molecule has 0 fully saturated rings. The molecule has 0 aliphatic carbocycles. The van der Waals surface area contributed by atoms with Gasteiger partial charge in [-0.15, -0.1) is 0 Å². The van der Waals surface area contributed by atoms with E-state index in [0.717, 1.165) is 6.42 Å². The minimum absolute atomic E-state index is 0.0260. The smallest absolute Gasteiger partial charge is 0.313 e. The molecule has 0 radical (unpaired) electrons. The van der Waals surface area contributed by atoms with Crippen LogP contribution in [0.15, 0.2) is 12.4 Å². The number of likely N-dealkylation sites (N-methyl/N-ethyl adjacent to an activating group) is 1. The molecule has 1 heterocycles. The molecule has 0 atom stereocenters. The van der Waals surface area contributed by atoms with Crippen LogP contribution >= 0.6 is 0 Å². The summed E-state index contributed by atoms with van der Waals surface area (Å²) in [5.41, 5.74) is 0.419. The van der Waals surface area contributed by atoms with Gasteiger partial charge in [-0.1, -0.05) is 6.92 Å². The van der Waals surface area contributed by atoms with Crippen molar-refractivity contribution in [2.45, 2.75) is 33.2 Å². The fourth-order valence-electron chi connectivity index (χ4n) is 1.18. The molecule has 2 amide bonds. The number of aryl methyl sites for hydroxylation is 1. The summed E-state index contributed by atoms with van der Waals surface area (Å²) in [6.07, 6.45) is 3.71. The van der Waals surface area contributed by atoms with E-state index in [1.807, 2.05) is 20.8 Å². The van der Waals surface area contributed by atoms with E-state index in [2.05, 4.69) is 15.3 Å². The highest BCUT2D eigenvalue weighted by Gasteiger charge is 2.20. The number of anilines is 1. The fourth-order valence-corrected chi connectivity index (χ4v) is 1.18. The summed E-state index contributed by atoms with van der Waals surface area (Å²) in [5, 5.41) is 2.47. The van der Waals surface area contributed by atoms with E-state index in [1.165, 1.54) is 17.3 Å². The Morgan fingerprint density at radius 1 is 1.33 bits per heavy atom. The van der Waals surface area contributed by atoms with Gasteiger partial charge in [0.05, 0.1) is 18.1 Å². The standard InChI is InChI=1S/C12H18N4O2/c1-5-10-13-6-9(7-14-10)15-11(17)12(18)16(4)8(2)3/h6-8H,5H2,1-4H3,(H,15,17). The molecule has 1 N–H and O–H groups in total. The molecule has 0 bridgehead atoms. The maximum atomic E-state index is 11.7. The Hall–Kier alpha value is -1.98. The van der Waals surface area contributed by atoms with E-state index in [9.17, 15) is 9.59 Å². The van der Waals surface area contributed by atoms with Crippen LogP contribution in [0, 0.1) is 0 Å². The number of nitrogens with one attached hydrogen (secondary N) is 1. The Bertz CT molecular complexity index is 428. The van der Waals surface area contributed by atoms with Crippen LogP contribution in [-0.2, 0) is 16.0 Å². The molecule has 98 valence electrons. The summed E-state index contributed by atoms with van der Waals surface area (Å²) >= 11 is 0. The number of carbonyl (C=O) groups excluding carboxylic acids is 2. The fraction of sp³-hybridized carbons (Fsp3) is 0.500. The van der Waals surface area contributed by atoms with E-state index >= 15 is 0 Å². The first kappa shape index (κ1) is 14.1. The monoisotopic (exact) mass is 250 g/mol. The van der Waals surface area contributed by atoms with Crippen molar-refractivity contribution in [3.05, 3.63) is 18.2 Å². The number of rotatable bonds is 3. The zero-order valence-electron chi connectivity index (χ0n) is 11.1. The Morgan fingerprint density at radius 3 is 2.33 bits per heavy atom. The zero-order chi connectivity index (χ0) is 13.7. The van der Waals surface area contributed by atoms with Crippen molar-refractivity contribution in [3.8, 4) is 0 Å². The first-order valence-electron chi connectivity index (χ1n) is 5.84. The largest absolute Gasteiger partial charge is 0.335 e. The molecule has 1 aromatic heterocycles. The van der Waals surface area contributed by atoms with Crippen LogP contribution in [0.1, 0.15) is 26.6 Å². The van der Waals surface area contributed by atoms with Gasteiger partial charge in [0.25, 0.3) is 0 Å². The van der Waals surface area contributed by atoms with Crippen molar-refractivity contribution in [1.29, 1.82) is 0 Å². The first-order chi connectivity index (χ1) is 8.45. The van der Waals surface area contributed by atoms with E-state index in [-0.39, 0.29) is 6.04 Å². The SMILES string of the molecule is CCc1ncc(NC(=O)C(=O)N(C)C(C)C)cn1. The van der Waals surface area contributed by atoms with Crippen LogP contribution in [0.3, 0.4) is 0 Å². The molecule has 0 saturated carbocycles. The molecule has 0 aromatic carbocycles. The van der Waals surface area contributed by atoms with E-state index in [0.29, 0.717) is 11.5 Å². The van der Waals surface area contributed by atoms with Crippen molar-refractivity contribution >= 4 is 17.5 Å². The average molecular weight is 250 g/mol. The molecular formula is C12H18N4O2. The van der Waals surface area contributed by atoms with Gasteiger partial charge in [0.2, 0.25) is 0 Å². The Kier molecular flexibility index (Phi) is 4.76. The van der Waals surface area contributed by atoms with Crippen LogP contribution in [0.4, 0.5) is 5.69 Å². The molecule has 0 spiro atoms. The van der Waals surface area contributed by atoms with E-state index in [4.69, 9.17) is 0 Å². The summed E-state index contributed by atoms with van der Waals surface area (Å²) in [7, 11) is 1.59. The summed E-state index contributed by atoms with van der Waals surface area (Å²) in [6, 6.07) is -0.0260. The van der Waals surface area contributed by atoms with Crippen LogP contribution < -0.4 is 5.32 Å². The number of aromatic nitrogens is 2. The second kappa shape index (κ2) is 6.09. The van der Waals surface area contributed by atoms with Gasteiger partial charge >= 0.3 is 11.8 Å². The highest BCUT2D eigenvalue weighted by Crippen LogP contribution is 2.04. The molecule has 1 rings (SSSR count). The topological polar surface area (TPSA) is 75.2 Å². The molecule has 18 heavy (non-hydrogen) atoms. The molecular weight excluding hydrogens is 232 g/mol. The molecule has 0 aliphatic heterocycles. The Labute approximate surface area is 106 Å². The number of hydrogen-bond acceptors (Lipinski definition) is 4. The van der Waals surface area contributed by atoms with Crippen molar-refractivity contribution in [2.24, 2.45) is 0 Å². The summed E-state index contributed by atoms with van der Waals surface area (Å²) < 4.78 is 0. The molecule has 0 unspecified atom stereocenters. The number of carbonyl (C=O) groups is 2. The lowest BCUT2D eigenvalue weighted by molar-refractivity contribution is -0.143. The number of hydrogen-bond donors (Lipinski definition) is 1. The summed E-state index contributed by atoms with van der Waals surface area (Å²) in [6.45, 7) is 5.61. The summed E-state index contributed by atoms with van der Waals surface area (Å²) in [4.78, 5) is 32.8. The Morgan fingerprint density at radius 2 is 1.89 bits per heavy atom. The quantitative estimate of drug-likeness (QED) is 0.807. The predicted octanol–water partition coefficient (Wildman–Crippen LogP) is 0.844. The first-order valence-corrected chi connectivity index (χ1v) is 5.84. The van der Waals surface area contributed by atoms with Gasteiger partial charge < -0.3 is 10.2 Å². The van der Waals surface area contributed by atoms with Gasteiger partial charge in [0, 0.05) is 19.5 Å². The van der Waals surface area contributed by atoms with E-state index < -0.39 is 11.8 Å². The molecule has 0 saturated heterocycles. The number of amides is 2. The Balaban J connectivity index is 2.66. The van der Waals surface area contributed by atoms with Gasteiger partial charge in [-0.3, -0.25) is 9.59 Å². The van der Waals surface area contributed by atoms with Crippen molar-refractivity contribution in [2.75, 3.05) is 12.4 Å². The van der Waals surface area contributed by atoms with Gasteiger partial charge in [-0.2, -0.15) is 0 Å². The lowest BCUT2D eigenvalue weighted by Crippen LogP contribution is -2.40. The average Bonchev–Trinajstić information content (AvgIpc) is 2.37. The highest BCUT2D eigenvalue weighted by molar-refractivity contribution is 6.39. The van der Waals surface area contributed by atoms with Gasteiger partial charge in [0.15, 0.2) is 0 Å². The zero-order valence-corrected chi connectivity index (χ0v) is 11.1. The lowest BCUT2D eigenvalue weighted by atomic mass is 10.3. The third-order valence-corrected chi connectivity index (χ3v) is 2.57. The van der Waals surface area contributed by atoms with Gasteiger partial charge in [-0.25, -0.2) is 9.97 Å². The highest BCUT2D eigenvalue weighted by atomic mass is 16.2. The number of nitrogens with zero attached hydrogens (tertiary/aromatic N) is 3. The third-order valence-electron chi connectivity index (χ3n) is 2.57. The van der Waals surface area contributed by atoms with E-state index in [1.54, 1.807) is 7.05 Å². The van der Waals surface area contributed by atoms with Crippen molar-refractivity contribution in [1.82, 2.24) is 14.9 Å². The molecule has 6 heteroatoms. The van der Waals surface area contributed by atoms with Gasteiger partial charge in [0.1, 0.15) is 5.82 Å². The van der Waals surface area contributed by atoms with Crippen molar-refractivity contribution < 1.29 is 9.59 Å². The minimum Gasteiger partial charge on any atom is -0.335 e. The third kappa shape index (κ3) is 3.51. The minimum atomic E-state index is -0.681.